The van der Waals surface area contributed by atoms with Crippen molar-refractivity contribution in [3.8, 4) is 33.5 Å². The SMILES string of the molecule is Cc1cccc2ccc3cccc(-c4cccc5ccc6cc(-c7ccc8cc(-c9cn%10ccccc%10n9)ccc8c7)ccc6c45)c3c12. The molecule has 2 heteroatoms. The molecule has 0 amide bonds. The first-order valence-corrected chi connectivity index (χ1v) is 16.5. The van der Waals surface area contributed by atoms with E-state index in [0.717, 1.165) is 16.9 Å². The Morgan fingerprint density at radius 2 is 1.02 bits per heavy atom. The maximum absolute atomic E-state index is 4.83. The molecule has 0 aliphatic carbocycles. The van der Waals surface area contributed by atoms with Crippen molar-refractivity contribution >= 4 is 59.5 Å². The average Bonchev–Trinajstić information content (AvgIpc) is 3.58. The molecule has 2 nitrogen and oxygen atoms in total. The zero-order valence-electron chi connectivity index (χ0n) is 26.5. The smallest absolute Gasteiger partial charge is 0.137 e. The lowest BCUT2D eigenvalue weighted by molar-refractivity contribution is 1.19. The summed E-state index contributed by atoms with van der Waals surface area (Å²) < 4.78 is 2.07. The predicted molar refractivity (Wildman–Crippen MR) is 204 cm³/mol. The van der Waals surface area contributed by atoms with Crippen LogP contribution in [0.25, 0.3) is 93.0 Å². The molecular weight excluding hydrogens is 581 g/mol. The highest BCUT2D eigenvalue weighted by Gasteiger charge is 2.14. The summed E-state index contributed by atoms with van der Waals surface area (Å²) in [4.78, 5) is 4.83. The van der Waals surface area contributed by atoms with Gasteiger partial charge in [-0.2, -0.15) is 0 Å². The van der Waals surface area contributed by atoms with Gasteiger partial charge in [0.2, 0.25) is 0 Å². The molecule has 2 heterocycles. The molecular formula is C46H30N2. The van der Waals surface area contributed by atoms with Crippen molar-refractivity contribution in [2.45, 2.75) is 6.92 Å². The Kier molecular flexibility index (Phi) is 5.82. The second-order valence-corrected chi connectivity index (χ2v) is 12.9. The highest BCUT2D eigenvalue weighted by atomic mass is 15.0. The standard InChI is InChI=1S/C46H30N2/c1-29-7-4-8-30-14-15-32-10-6-12-41(46(32)44(29)30)40-11-5-9-31-16-20-37-26-36(22-23-39(37)45(31)40)33-17-18-35-27-38(21-19-34(35)25-33)42-28-48-24-3-2-13-43(48)47-42/h2-28H,1H3. The number of imidazole rings is 1. The van der Waals surface area contributed by atoms with Crippen LogP contribution in [0.15, 0.2) is 164 Å². The van der Waals surface area contributed by atoms with Gasteiger partial charge >= 0.3 is 0 Å². The van der Waals surface area contributed by atoms with E-state index in [9.17, 15) is 0 Å². The molecule has 8 aromatic carbocycles. The number of hydrogen-bond acceptors (Lipinski definition) is 1. The topological polar surface area (TPSA) is 17.3 Å². The van der Waals surface area contributed by atoms with E-state index in [4.69, 9.17) is 4.98 Å². The van der Waals surface area contributed by atoms with Crippen LogP contribution in [0.3, 0.4) is 0 Å². The molecule has 48 heavy (non-hydrogen) atoms. The molecule has 0 aliphatic rings. The number of rotatable bonds is 3. The molecule has 0 saturated carbocycles. The minimum Gasteiger partial charge on any atom is -0.306 e. The van der Waals surface area contributed by atoms with Gasteiger partial charge in [0.25, 0.3) is 0 Å². The Labute approximate surface area is 278 Å². The number of pyridine rings is 1. The number of hydrogen-bond donors (Lipinski definition) is 0. The van der Waals surface area contributed by atoms with Crippen LogP contribution in [0.4, 0.5) is 0 Å². The minimum atomic E-state index is 0.958. The van der Waals surface area contributed by atoms with Crippen LogP contribution < -0.4 is 0 Å². The van der Waals surface area contributed by atoms with Crippen molar-refractivity contribution in [2.24, 2.45) is 0 Å². The molecule has 2 aromatic heterocycles. The van der Waals surface area contributed by atoms with Gasteiger partial charge in [-0.15, -0.1) is 0 Å². The molecule has 0 atom stereocenters. The molecule has 0 unspecified atom stereocenters. The Hall–Kier alpha value is -6.25. The summed E-state index contributed by atoms with van der Waals surface area (Å²) in [7, 11) is 0. The summed E-state index contributed by atoms with van der Waals surface area (Å²) in [5, 5.41) is 12.7. The van der Waals surface area contributed by atoms with E-state index in [-0.39, 0.29) is 0 Å². The van der Waals surface area contributed by atoms with E-state index >= 15 is 0 Å². The van der Waals surface area contributed by atoms with E-state index < -0.39 is 0 Å². The summed E-state index contributed by atoms with van der Waals surface area (Å²) in [6, 6.07) is 55.6. The molecule has 0 saturated heterocycles. The first-order chi connectivity index (χ1) is 23.7. The zero-order valence-corrected chi connectivity index (χ0v) is 26.5. The summed E-state index contributed by atoms with van der Waals surface area (Å²) in [5.41, 5.74) is 9.38. The van der Waals surface area contributed by atoms with Gasteiger partial charge in [-0.1, -0.05) is 121 Å². The largest absolute Gasteiger partial charge is 0.306 e. The van der Waals surface area contributed by atoms with Crippen molar-refractivity contribution in [2.75, 3.05) is 0 Å². The van der Waals surface area contributed by atoms with Crippen LogP contribution in [-0.4, -0.2) is 9.38 Å². The summed E-state index contributed by atoms with van der Waals surface area (Å²) in [6.45, 7) is 2.23. The molecule has 224 valence electrons. The lowest BCUT2D eigenvalue weighted by Gasteiger charge is -2.16. The predicted octanol–water partition coefficient (Wildman–Crippen LogP) is 12.4. The molecule has 0 fully saturated rings. The Morgan fingerprint density at radius 1 is 0.438 bits per heavy atom. The maximum Gasteiger partial charge on any atom is 0.137 e. The first-order valence-electron chi connectivity index (χ1n) is 16.5. The number of benzene rings is 8. The molecule has 0 spiro atoms. The van der Waals surface area contributed by atoms with Crippen molar-refractivity contribution in [1.29, 1.82) is 0 Å². The van der Waals surface area contributed by atoms with Crippen LogP contribution in [0.1, 0.15) is 5.56 Å². The monoisotopic (exact) mass is 610 g/mol. The number of fused-ring (bicyclic) bond motifs is 8. The Morgan fingerprint density at radius 3 is 1.79 bits per heavy atom. The molecule has 0 aliphatic heterocycles. The van der Waals surface area contributed by atoms with E-state index in [1.165, 1.54) is 81.7 Å². The minimum absolute atomic E-state index is 0.958. The van der Waals surface area contributed by atoms with Gasteiger partial charge in [-0.3, -0.25) is 0 Å². The summed E-state index contributed by atoms with van der Waals surface area (Å²) in [5.74, 6) is 0. The van der Waals surface area contributed by atoms with E-state index in [1.807, 2.05) is 24.4 Å². The fourth-order valence-electron chi connectivity index (χ4n) is 7.74. The number of nitrogens with zero attached hydrogens (tertiary/aromatic N) is 2. The highest BCUT2D eigenvalue weighted by molar-refractivity contribution is 6.21. The average molecular weight is 611 g/mol. The van der Waals surface area contributed by atoms with E-state index in [2.05, 4.69) is 151 Å². The lowest BCUT2D eigenvalue weighted by Crippen LogP contribution is -1.89. The second kappa shape index (κ2) is 10.4. The zero-order chi connectivity index (χ0) is 31.8. The van der Waals surface area contributed by atoms with Crippen LogP contribution in [0.2, 0.25) is 0 Å². The van der Waals surface area contributed by atoms with Gasteiger partial charge in [0.15, 0.2) is 0 Å². The van der Waals surface area contributed by atoms with E-state index in [1.54, 1.807) is 0 Å². The summed E-state index contributed by atoms with van der Waals surface area (Å²) >= 11 is 0. The Balaban J connectivity index is 1.10. The van der Waals surface area contributed by atoms with Gasteiger partial charge < -0.3 is 4.40 Å². The van der Waals surface area contributed by atoms with Crippen molar-refractivity contribution in [3.63, 3.8) is 0 Å². The third-order valence-corrected chi connectivity index (χ3v) is 10.1. The van der Waals surface area contributed by atoms with Gasteiger partial charge in [0, 0.05) is 18.0 Å². The van der Waals surface area contributed by atoms with Gasteiger partial charge in [0.05, 0.1) is 5.69 Å². The van der Waals surface area contributed by atoms with Crippen molar-refractivity contribution in [1.82, 2.24) is 9.38 Å². The Bertz CT molecular complexity index is 2880. The van der Waals surface area contributed by atoms with Crippen molar-refractivity contribution < 1.29 is 0 Å². The highest BCUT2D eigenvalue weighted by Crippen LogP contribution is 2.41. The molecule has 10 rings (SSSR count). The second-order valence-electron chi connectivity index (χ2n) is 12.9. The quantitative estimate of drug-likeness (QED) is 0.182. The fourth-order valence-corrected chi connectivity index (χ4v) is 7.74. The fraction of sp³-hybridized carbons (Fsp3) is 0.0217. The molecule has 0 radical (unpaired) electrons. The lowest BCUT2D eigenvalue weighted by atomic mass is 9.88. The normalized spacial score (nSPS) is 11.9. The van der Waals surface area contributed by atoms with Crippen LogP contribution in [0, 0.1) is 6.92 Å². The first kappa shape index (κ1) is 26.9. The number of aryl methyl sites for hydroxylation is 1. The van der Waals surface area contributed by atoms with Gasteiger partial charge in [-0.25, -0.2) is 4.98 Å². The third-order valence-electron chi connectivity index (χ3n) is 10.1. The van der Waals surface area contributed by atoms with Crippen LogP contribution in [-0.2, 0) is 0 Å². The third kappa shape index (κ3) is 4.16. The van der Waals surface area contributed by atoms with Crippen LogP contribution in [0.5, 0.6) is 0 Å². The van der Waals surface area contributed by atoms with Gasteiger partial charge in [0.1, 0.15) is 5.65 Å². The number of aromatic nitrogens is 2. The maximum atomic E-state index is 4.83. The summed E-state index contributed by atoms with van der Waals surface area (Å²) in [6.07, 6.45) is 4.14. The van der Waals surface area contributed by atoms with Crippen LogP contribution >= 0.6 is 0 Å². The van der Waals surface area contributed by atoms with E-state index in [0.29, 0.717) is 0 Å². The molecule has 0 N–H and O–H groups in total. The molecule has 0 bridgehead atoms. The van der Waals surface area contributed by atoms with Crippen molar-refractivity contribution in [3.05, 3.63) is 170 Å². The van der Waals surface area contributed by atoms with Gasteiger partial charge in [-0.05, 0) is 119 Å². The molecule has 10 aromatic rings.